The van der Waals surface area contributed by atoms with Crippen molar-refractivity contribution in [1.82, 2.24) is 0 Å². The lowest BCUT2D eigenvalue weighted by Gasteiger charge is -1.91. The summed E-state index contributed by atoms with van der Waals surface area (Å²) in [7, 11) is -2.36. The topological polar surface area (TPSA) is 103 Å². The van der Waals surface area contributed by atoms with E-state index in [0.29, 0.717) is 0 Å². The summed E-state index contributed by atoms with van der Waals surface area (Å²) in [5, 5.41) is 20.7. The maximum Gasteiger partial charge on any atom is 0.494 e. The van der Waals surface area contributed by atoms with E-state index in [9.17, 15) is 24.8 Å². The van der Waals surface area contributed by atoms with Crippen molar-refractivity contribution in [3.05, 3.63) is 38.4 Å². The Bertz CT molecular complexity index is 384. The van der Waals surface area contributed by atoms with Gasteiger partial charge in [0.05, 0.1) is 28.0 Å². The van der Waals surface area contributed by atoms with Crippen LogP contribution < -0.4 is 5.30 Å². The Morgan fingerprint density at radius 1 is 1.07 bits per heavy atom. The number of rotatable bonds is 3. The summed E-state index contributed by atoms with van der Waals surface area (Å²) in [5.41, 5.74) is -1.02. The summed E-state index contributed by atoms with van der Waals surface area (Å²) in [6, 6.07) is 2.66. The zero-order valence-electron chi connectivity index (χ0n) is 6.99. The van der Waals surface area contributed by atoms with Gasteiger partial charge in [-0.1, -0.05) is 0 Å². The second-order valence-corrected chi connectivity index (χ2v) is 4.39. The number of non-ortho nitro benzene ring substituents is 2. The molecule has 0 heterocycles. The second-order valence-electron chi connectivity index (χ2n) is 2.47. The Morgan fingerprint density at radius 3 is 1.73 bits per heavy atom. The van der Waals surface area contributed by atoms with Gasteiger partial charge in [0.25, 0.3) is 11.4 Å². The molecule has 1 aromatic rings. The molecule has 0 saturated heterocycles. The summed E-state index contributed by atoms with van der Waals surface area (Å²) < 4.78 is 10.9. The number of nitro groups is 2. The maximum absolute atomic E-state index is 10.9. The third kappa shape index (κ3) is 2.68. The van der Waals surface area contributed by atoms with Gasteiger partial charge in [0.2, 0.25) is 16.5 Å². The van der Waals surface area contributed by atoms with Gasteiger partial charge in [-0.3, -0.25) is 20.2 Å². The van der Waals surface area contributed by atoms with E-state index in [0.717, 1.165) is 18.2 Å². The number of halogens is 1. The normalized spacial score (nSPS) is 10.9. The Kier molecular flexibility index (Phi) is 3.28. The van der Waals surface area contributed by atoms with Crippen molar-refractivity contribution in [1.29, 1.82) is 0 Å². The van der Waals surface area contributed by atoms with Crippen LogP contribution in [0, 0.1) is 20.2 Å². The SMILES string of the molecule is O=[N+]([O-])c1cc([N+](=O)[O-])cc([P+](=O)Cl)c1. The quantitative estimate of drug-likeness (QED) is 0.463. The Morgan fingerprint density at radius 2 is 1.47 bits per heavy atom. The molecule has 0 spiro atoms. The van der Waals surface area contributed by atoms with Crippen LogP contribution in [0.25, 0.3) is 0 Å². The molecule has 1 rings (SSSR count). The van der Waals surface area contributed by atoms with Gasteiger partial charge in [0, 0.05) is 0 Å². The molecule has 78 valence electrons. The Balaban J connectivity index is 3.39. The first kappa shape index (κ1) is 11.5. The van der Waals surface area contributed by atoms with Crippen molar-refractivity contribution in [2.75, 3.05) is 0 Å². The van der Waals surface area contributed by atoms with Gasteiger partial charge < -0.3 is 0 Å². The number of hydrogen-bond donors (Lipinski definition) is 0. The lowest BCUT2D eigenvalue weighted by molar-refractivity contribution is -0.394. The zero-order valence-corrected chi connectivity index (χ0v) is 8.64. The highest BCUT2D eigenvalue weighted by molar-refractivity contribution is 7.80. The predicted octanol–water partition coefficient (Wildman–Crippen LogP) is 2.11. The largest absolute Gasteiger partial charge is 0.494 e. The second kappa shape index (κ2) is 4.29. The minimum absolute atomic E-state index is 0.132. The molecule has 0 radical (unpaired) electrons. The highest BCUT2D eigenvalue weighted by atomic mass is 35.7. The molecule has 0 aliphatic carbocycles. The third-order valence-electron chi connectivity index (χ3n) is 1.51. The lowest BCUT2D eigenvalue weighted by Crippen LogP contribution is -2.01. The van der Waals surface area contributed by atoms with Gasteiger partial charge >= 0.3 is 7.15 Å². The summed E-state index contributed by atoms with van der Waals surface area (Å²) in [6.07, 6.45) is 0. The fraction of sp³-hybridized carbons (Fsp3) is 0. The molecule has 0 amide bonds. The van der Waals surface area contributed by atoms with Gasteiger partial charge in [-0.15, -0.1) is 0 Å². The van der Waals surface area contributed by atoms with E-state index in [1.165, 1.54) is 0 Å². The van der Waals surface area contributed by atoms with E-state index in [1.54, 1.807) is 0 Å². The molecule has 9 heteroatoms. The molecule has 0 fully saturated rings. The van der Waals surface area contributed by atoms with E-state index >= 15 is 0 Å². The van der Waals surface area contributed by atoms with Crippen molar-refractivity contribution >= 4 is 35.1 Å². The first-order valence-electron chi connectivity index (χ1n) is 3.48. The van der Waals surface area contributed by atoms with Crippen molar-refractivity contribution in [3.63, 3.8) is 0 Å². The van der Waals surface area contributed by atoms with Crippen LogP contribution >= 0.6 is 18.4 Å². The van der Waals surface area contributed by atoms with E-state index in [-0.39, 0.29) is 5.30 Å². The molecule has 7 nitrogen and oxygen atoms in total. The van der Waals surface area contributed by atoms with Crippen LogP contribution in [-0.2, 0) is 4.57 Å². The number of nitro benzene ring substituents is 2. The maximum atomic E-state index is 10.9. The molecule has 0 aliphatic heterocycles. The molecule has 0 saturated carbocycles. The minimum Gasteiger partial charge on any atom is -0.258 e. The predicted molar refractivity (Wildman–Crippen MR) is 52.8 cm³/mol. The van der Waals surface area contributed by atoms with Crippen LogP contribution in [0.5, 0.6) is 0 Å². The van der Waals surface area contributed by atoms with Crippen LogP contribution in [-0.4, -0.2) is 9.85 Å². The molecule has 1 unspecified atom stereocenters. The number of nitrogens with zero attached hydrogens (tertiary/aromatic N) is 2. The number of benzene rings is 1. The molecule has 0 aromatic heterocycles. The molecule has 0 aliphatic rings. The van der Waals surface area contributed by atoms with Gasteiger partial charge in [-0.05, 0) is 4.57 Å². The fourth-order valence-electron chi connectivity index (χ4n) is 0.892. The summed E-state index contributed by atoms with van der Waals surface area (Å²) in [4.78, 5) is 19.2. The zero-order chi connectivity index (χ0) is 11.6. The van der Waals surface area contributed by atoms with Crippen molar-refractivity contribution in [3.8, 4) is 0 Å². The van der Waals surface area contributed by atoms with Gasteiger partial charge in [-0.2, -0.15) is 0 Å². The van der Waals surface area contributed by atoms with Gasteiger partial charge in [-0.25, -0.2) is 0 Å². The van der Waals surface area contributed by atoms with Crippen LogP contribution in [0.2, 0.25) is 0 Å². The monoisotopic (exact) mass is 249 g/mol. The molecule has 0 bridgehead atoms. The van der Waals surface area contributed by atoms with E-state index < -0.39 is 28.4 Å². The molecule has 15 heavy (non-hydrogen) atoms. The van der Waals surface area contributed by atoms with Crippen molar-refractivity contribution in [2.24, 2.45) is 0 Å². The van der Waals surface area contributed by atoms with Crippen molar-refractivity contribution in [2.45, 2.75) is 0 Å². The lowest BCUT2D eigenvalue weighted by atomic mass is 10.3. The number of hydrogen-bond acceptors (Lipinski definition) is 5. The van der Waals surface area contributed by atoms with Crippen LogP contribution in [0.1, 0.15) is 0 Å². The first-order chi connectivity index (χ1) is 6.91. The van der Waals surface area contributed by atoms with Crippen LogP contribution in [0.15, 0.2) is 18.2 Å². The molecule has 1 aromatic carbocycles. The molecular formula is C6H3ClN2O5P+. The van der Waals surface area contributed by atoms with Gasteiger partial charge in [0.1, 0.15) is 0 Å². The third-order valence-corrected chi connectivity index (χ3v) is 2.76. The summed E-state index contributed by atoms with van der Waals surface area (Å²) in [5.74, 6) is 0. The Labute approximate surface area is 88.5 Å². The summed E-state index contributed by atoms with van der Waals surface area (Å²) in [6.45, 7) is 0. The minimum atomic E-state index is -2.36. The highest BCUT2D eigenvalue weighted by Crippen LogP contribution is 2.30. The Hall–Kier alpha value is -1.59. The van der Waals surface area contributed by atoms with Crippen LogP contribution in [0.4, 0.5) is 11.4 Å². The fourth-order valence-corrected chi connectivity index (χ4v) is 1.65. The van der Waals surface area contributed by atoms with E-state index in [2.05, 4.69) is 0 Å². The smallest absolute Gasteiger partial charge is 0.258 e. The molecular weight excluding hydrogens is 247 g/mol. The van der Waals surface area contributed by atoms with Gasteiger partial charge in [0.15, 0.2) is 0 Å². The van der Waals surface area contributed by atoms with E-state index in [1.807, 2.05) is 0 Å². The average Bonchev–Trinajstić information content (AvgIpc) is 2.16. The first-order valence-corrected chi connectivity index (χ1v) is 5.65. The van der Waals surface area contributed by atoms with Crippen LogP contribution in [0.3, 0.4) is 0 Å². The van der Waals surface area contributed by atoms with E-state index in [4.69, 9.17) is 11.2 Å². The highest BCUT2D eigenvalue weighted by Gasteiger charge is 2.26. The average molecular weight is 250 g/mol. The molecule has 1 atom stereocenters. The summed E-state index contributed by atoms with van der Waals surface area (Å²) >= 11 is 5.22. The molecule has 0 N–H and O–H groups in total. The van der Waals surface area contributed by atoms with Crippen molar-refractivity contribution < 1.29 is 14.4 Å². The standard InChI is InChI=1S/C6H3ClN2O5P/c7-15(14)6-2-4(8(10)11)1-5(3-6)9(12)13/h1-3H/q+1.